The van der Waals surface area contributed by atoms with Crippen LogP contribution in [0, 0.1) is 46.3 Å². The number of fused-ring (bicyclic) bond motifs is 5. The van der Waals surface area contributed by atoms with Crippen LogP contribution >= 0.6 is 7.29 Å². The Labute approximate surface area is 257 Å². The minimum Gasteiger partial charge on any atom is -0.297 e. The number of benzene rings is 2. The molecule has 0 aromatic heterocycles. The first-order valence-electron chi connectivity index (χ1n) is 17.4. The van der Waals surface area contributed by atoms with E-state index in [9.17, 15) is 4.57 Å². The van der Waals surface area contributed by atoms with Gasteiger partial charge in [-0.1, -0.05) is 102 Å². The molecule has 0 spiro atoms. The maximum atomic E-state index is 14.8. The quantitative estimate of drug-likeness (QED) is 0.234. The van der Waals surface area contributed by atoms with Crippen LogP contribution in [0.2, 0.25) is 0 Å². The smallest absolute Gasteiger partial charge is 0.205 e. The van der Waals surface area contributed by atoms with Crippen LogP contribution in [0.25, 0.3) is 0 Å². The van der Waals surface area contributed by atoms with Crippen molar-refractivity contribution < 1.29 is 4.57 Å². The van der Waals surface area contributed by atoms with Crippen molar-refractivity contribution in [3.63, 3.8) is 0 Å². The summed E-state index contributed by atoms with van der Waals surface area (Å²) in [7, 11) is -2.94. The summed E-state index contributed by atoms with van der Waals surface area (Å²) in [6, 6.07) is 20.4. The second-order valence-electron chi connectivity index (χ2n) is 15.6. The van der Waals surface area contributed by atoms with Crippen molar-refractivity contribution in [2.75, 3.05) is 0 Å². The summed E-state index contributed by atoms with van der Waals surface area (Å²) in [6.07, 6.45) is 17.4. The lowest BCUT2D eigenvalue weighted by Crippen LogP contribution is -2.51. The van der Waals surface area contributed by atoms with Gasteiger partial charge in [-0.15, -0.1) is 0 Å². The molecule has 42 heavy (non-hydrogen) atoms. The predicted octanol–water partition coefficient (Wildman–Crippen LogP) is 9.92. The first-order chi connectivity index (χ1) is 20.1. The van der Waals surface area contributed by atoms with E-state index in [2.05, 4.69) is 45.8 Å². The minimum absolute atomic E-state index is 0.160. The van der Waals surface area contributed by atoms with Gasteiger partial charge in [0.2, 0.25) is 7.29 Å². The van der Waals surface area contributed by atoms with Gasteiger partial charge in [0.25, 0.3) is 0 Å². The first-order valence-corrected chi connectivity index (χ1v) is 19.1. The molecule has 3 saturated carbocycles. The van der Waals surface area contributed by atoms with E-state index in [0.717, 1.165) is 52.5 Å². The highest BCUT2D eigenvalue weighted by Gasteiger charge is 2.59. The molecule has 8 atom stereocenters. The van der Waals surface area contributed by atoms with Gasteiger partial charge in [0.1, 0.15) is 0 Å². The average Bonchev–Trinajstić information content (AvgIpc) is 3.35. The van der Waals surface area contributed by atoms with Gasteiger partial charge in [-0.05, 0) is 122 Å². The molecule has 0 heterocycles. The van der Waals surface area contributed by atoms with E-state index >= 15 is 0 Å². The van der Waals surface area contributed by atoms with E-state index in [-0.39, 0.29) is 6.04 Å². The van der Waals surface area contributed by atoms with Crippen molar-refractivity contribution in [1.29, 1.82) is 0 Å². The fourth-order valence-corrected chi connectivity index (χ4v) is 13.1. The average molecular weight is 586 g/mol. The topological polar surface area (TPSA) is 29.1 Å². The molecule has 0 unspecified atom stereocenters. The van der Waals surface area contributed by atoms with Gasteiger partial charge in [-0.25, -0.2) is 0 Å². The fourth-order valence-electron chi connectivity index (χ4n) is 10.7. The van der Waals surface area contributed by atoms with E-state index in [1.54, 1.807) is 5.57 Å². The normalized spacial score (nSPS) is 35.2. The highest BCUT2D eigenvalue weighted by molar-refractivity contribution is 7.76. The van der Waals surface area contributed by atoms with Crippen LogP contribution in [0.3, 0.4) is 0 Å². The molecule has 2 aromatic carbocycles. The Hall–Kier alpha value is -1.63. The van der Waals surface area contributed by atoms with Crippen molar-refractivity contribution in [2.24, 2.45) is 46.3 Å². The fraction of sp³-hybridized carbons (Fsp3) is 0.641. The van der Waals surface area contributed by atoms with Gasteiger partial charge in [0.05, 0.1) is 0 Å². The van der Waals surface area contributed by atoms with Crippen molar-refractivity contribution in [3.8, 4) is 0 Å². The molecule has 2 nitrogen and oxygen atoms in total. The van der Waals surface area contributed by atoms with Gasteiger partial charge in [-0.3, -0.25) is 9.65 Å². The number of hydrogen-bond donors (Lipinski definition) is 1. The maximum absolute atomic E-state index is 14.8. The molecule has 4 aliphatic rings. The maximum Gasteiger partial charge on any atom is 0.205 e. The Kier molecular flexibility index (Phi) is 8.72. The molecule has 3 fully saturated rings. The number of nitrogens with one attached hydrogen (secondary N) is 1. The number of hydrogen-bond acceptors (Lipinski definition) is 1. The molecule has 0 saturated heterocycles. The van der Waals surface area contributed by atoms with Crippen LogP contribution in [0.15, 0.2) is 72.3 Å². The van der Waals surface area contributed by atoms with Crippen molar-refractivity contribution in [3.05, 3.63) is 72.3 Å². The van der Waals surface area contributed by atoms with Crippen LogP contribution in [-0.2, 0) is 4.57 Å². The Morgan fingerprint density at radius 3 is 2.12 bits per heavy atom. The van der Waals surface area contributed by atoms with Crippen molar-refractivity contribution in [1.82, 2.24) is 5.09 Å². The monoisotopic (exact) mass is 585 g/mol. The molecule has 0 aliphatic heterocycles. The van der Waals surface area contributed by atoms with Gasteiger partial charge in [-0.2, -0.15) is 0 Å². The molecular formula is C39H56NOP. The van der Waals surface area contributed by atoms with Gasteiger partial charge in [0.15, 0.2) is 0 Å². The summed E-state index contributed by atoms with van der Waals surface area (Å²) in [4.78, 5) is 0. The summed E-state index contributed by atoms with van der Waals surface area (Å²) < 4.78 is 14.8. The van der Waals surface area contributed by atoms with Crippen molar-refractivity contribution >= 4 is 17.9 Å². The van der Waals surface area contributed by atoms with E-state index in [0.29, 0.717) is 10.8 Å². The molecule has 0 radical (unpaired) electrons. The van der Waals surface area contributed by atoms with Crippen LogP contribution in [0.4, 0.5) is 0 Å². The third kappa shape index (κ3) is 5.43. The standard InChI is InChI=1S/C39H56NOP/c1-28(2)13-12-14-29(3)35-21-22-36-34-20-19-30-27-31(23-25-38(30,4)37(34)24-26-39(35,36)5)40-42(41,32-15-8-6-9-16-32)33-17-10-7-11-18-33/h6-11,15-18,27-29,31,34-37H,12-14,19-26H2,1-5H3,(H,40,41)/t29-,31+,34+,35-,36+,37+,38+,39-/m1/s1. The molecular weight excluding hydrogens is 529 g/mol. The van der Waals surface area contributed by atoms with Gasteiger partial charge < -0.3 is 0 Å². The molecule has 1 N–H and O–H groups in total. The van der Waals surface area contributed by atoms with E-state index in [4.69, 9.17) is 0 Å². The van der Waals surface area contributed by atoms with E-state index in [1.807, 2.05) is 60.7 Å². The number of rotatable bonds is 9. The molecule has 4 aliphatic carbocycles. The molecule has 3 heteroatoms. The highest BCUT2D eigenvalue weighted by Crippen LogP contribution is 2.68. The second-order valence-corrected chi connectivity index (χ2v) is 18.1. The summed E-state index contributed by atoms with van der Waals surface area (Å²) in [6.45, 7) is 12.7. The van der Waals surface area contributed by atoms with Crippen molar-refractivity contribution in [2.45, 2.75) is 111 Å². The zero-order valence-corrected chi connectivity index (χ0v) is 27.9. The van der Waals surface area contributed by atoms with E-state index in [1.165, 1.54) is 64.2 Å². The summed E-state index contributed by atoms with van der Waals surface area (Å²) in [5.41, 5.74) is 2.53. The molecule has 0 amide bonds. The lowest BCUT2D eigenvalue weighted by molar-refractivity contribution is -0.0598. The third-order valence-corrected chi connectivity index (χ3v) is 15.6. The minimum atomic E-state index is -2.94. The zero-order chi connectivity index (χ0) is 29.5. The molecule has 0 bridgehead atoms. The first kappa shape index (κ1) is 30.4. The van der Waals surface area contributed by atoms with Gasteiger partial charge >= 0.3 is 0 Å². The predicted molar refractivity (Wildman–Crippen MR) is 180 cm³/mol. The Morgan fingerprint density at radius 2 is 1.48 bits per heavy atom. The number of allylic oxidation sites excluding steroid dienone is 1. The second kappa shape index (κ2) is 12.0. The van der Waals surface area contributed by atoms with Crippen LogP contribution in [0.1, 0.15) is 105 Å². The Bertz CT molecular complexity index is 1240. The molecule has 228 valence electrons. The zero-order valence-electron chi connectivity index (χ0n) is 27.0. The Morgan fingerprint density at radius 1 is 0.810 bits per heavy atom. The lowest BCUT2D eigenvalue weighted by Gasteiger charge is -2.59. The summed E-state index contributed by atoms with van der Waals surface area (Å²) in [5, 5.41) is 5.57. The molecule has 6 rings (SSSR count). The largest absolute Gasteiger partial charge is 0.297 e. The highest BCUT2D eigenvalue weighted by atomic mass is 31.2. The summed E-state index contributed by atoms with van der Waals surface area (Å²) in [5.74, 6) is 5.25. The molecule has 2 aromatic rings. The van der Waals surface area contributed by atoms with Crippen LogP contribution in [-0.4, -0.2) is 6.04 Å². The van der Waals surface area contributed by atoms with Crippen LogP contribution in [0.5, 0.6) is 0 Å². The summed E-state index contributed by atoms with van der Waals surface area (Å²) >= 11 is 0. The van der Waals surface area contributed by atoms with Crippen LogP contribution < -0.4 is 15.7 Å². The van der Waals surface area contributed by atoms with E-state index < -0.39 is 7.29 Å². The SMILES string of the molecule is CC(C)CCC[C@@H](C)[C@H]1CC[C@H]2[C@@H]3CCC4=C[C@@H](NP(=O)(c5ccccc5)c5ccccc5)CC[C@]4(C)[C@H]3CC[C@]12C. The third-order valence-electron chi connectivity index (χ3n) is 12.9. The van der Waals surface area contributed by atoms with Gasteiger partial charge in [0, 0.05) is 16.7 Å². The lowest BCUT2D eigenvalue weighted by atomic mass is 9.46. The Balaban J connectivity index is 1.19.